The van der Waals surface area contributed by atoms with E-state index in [0.29, 0.717) is 0 Å². The van der Waals surface area contributed by atoms with Crippen LogP contribution in [-0.2, 0) is 4.79 Å². The molecular weight excluding hydrogens is 161 g/mol. The molecule has 0 amide bonds. The first kappa shape index (κ1) is 30.6. The molecule has 8 heavy (non-hydrogen) atoms. The van der Waals surface area contributed by atoms with Gasteiger partial charge in [0.1, 0.15) is 6.79 Å². The molecule has 7 heteroatoms. The summed E-state index contributed by atoms with van der Waals surface area (Å²) in [4.78, 5) is 8.00. The Morgan fingerprint density at radius 1 is 1.00 bits per heavy atom. The van der Waals surface area contributed by atoms with E-state index >= 15 is 0 Å². The van der Waals surface area contributed by atoms with E-state index < -0.39 is 12.3 Å². The van der Waals surface area contributed by atoms with Gasteiger partial charge < -0.3 is 26.2 Å². The van der Waals surface area contributed by atoms with Crippen LogP contribution in [0.5, 0.6) is 0 Å². The number of hydrogen-bond acceptors (Lipinski definition) is 4. The average molecular weight is 163 g/mol. The third kappa shape index (κ3) is 65.2. The van der Waals surface area contributed by atoms with Crippen LogP contribution in [0, 0.1) is 0 Å². The summed E-state index contributed by atoms with van der Waals surface area (Å²) in [6, 6.07) is 0. The summed E-state index contributed by atoms with van der Waals surface area (Å²) >= 11 is -0.750. The maximum Gasteiger partial charge on any atom is 1.00 e. The first-order valence-corrected chi connectivity index (χ1v) is 1.29. The van der Waals surface area contributed by atoms with Crippen molar-refractivity contribution < 1.29 is 103 Å². The van der Waals surface area contributed by atoms with Gasteiger partial charge in [-0.3, -0.25) is 0 Å². The Kier molecular flexibility index (Phi) is 196. The molecular formula is CH2Na3O3S+. The zero-order chi connectivity index (χ0) is 4.71. The Balaban J connectivity index is -0.00000000567. The molecule has 0 saturated carbocycles. The number of carbonyl (C=O) groups excluding carboxylic acids is 1. The largest absolute Gasteiger partial charge is 1.00 e. The first-order valence-electron chi connectivity index (χ1n) is 0.622. The van der Waals surface area contributed by atoms with Crippen molar-refractivity contribution in [3.63, 3.8) is 0 Å². The van der Waals surface area contributed by atoms with Crippen molar-refractivity contribution in [1.82, 2.24) is 0 Å². The Hall–Kier alpha value is 2.94. The number of rotatable bonds is 0. The van der Waals surface area contributed by atoms with Gasteiger partial charge in [-0.1, -0.05) is 0 Å². The van der Waals surface area contributed by atoms with Crippen molar-refractivity contribution in [2.24, 2.45) is 0 Å². The van der Waals surface area contributed by atoms with Crippen LogP contribution in [0.4, 0.5) is 0 Å². The van der Waals surface area contributed by atoms with Crippen molar-refractivity contribution in [3.8, 4) is 0 Å². The molecule has 0 aromatic heterocycles. The van der Waals surface area contributed by atoms with Crippen molar-refractivity contribution in [2.45, 2.75) is 0 Å². The minimum atomic E-state index is -0.750. The van der Waals surface area contributed by atoms with Gasteiger partial charge in [-0.25, -0.2) is 0 Å². The fourth-order valence-corrected chi connectivity index (χ4v) is 0. The van der Waals surface area contributed by atoms with Crippen molar-refractivity contribution in [1.29, 1.82) is 0 Å². The van der Waals surface area contributed by atoms with Gasteiger partial charge in [0.2, 0.25) is 0 Å². The third-order valence-corrected chi connectivity index (χ3v) is 0. The molecule has 0 radical (unpaired) electrons. The second-order valence-corrected chi connectivity index (χ2v) is 0.204. The monoisotopic (exact) mass is 163 g/mol. The summed E-state index contributed by atoms with van der Waals surface area (Å²) < 4.78 is 16.6. The van der Waals surface area contributed by atoms with E-state index in [1.54, 1.807) is 0 Å². The van der Waals surface area contributed by atoms with E-state index in [1.807, 2.05) is 6.79 Å². The molecule has 0 rings (SSSR count). The minimum Gasteiger partial charge on any atom is -0.811 e. The number of hydrogen-bond donors (Lipinski definition) is 0. The summed E-state index contributed by atoms with van der Waals surface area (Å²) in [7, 11) is 0. The van der Waals surface area contributed by atoms with E-state index in [2.05, 4.69) is 0 Å². The van der Waals surface area contributed by atoms with Crippen LogP contribution in [-0.4, -0.2) is 15.9 Å². The van der Waals surface area contributed by atoms with Gasteiger partial charge in [-0.05, 0) is 0 Å². The molecule has 0 bridgehead atoms. The predicted molar refractivity (Wildman–Crippen MR) is 16.3 cm³/mol. The molecule has 0 aliphatic rings. The molecule has 0 aromatic carbocycles. The molecule has 0 fully saturated rings. The molecule has 0 aliphatic heterocycles. The van der Waals surface area contributed by atoms with Crippen LogP contribution in [0.3, 0.4) is 0 Å². The summed E-state index contributed by atoms with van der Waals surface area (Å²) in [5.41, 5.74) is 0. The van der Waals surface area contributed by atoms with E-state index in [9.17, 15) is 0 Å². The number of carbonyl (C=O) groups is 1. The molecule has 3 nitrogen and oxygen atoms in total. The molecule has 0 saturated heterocycles. The van der Waals surface area contributed by atoms with Gasteiger partial charge in [0.15, 0.2) is 0 Å². The van der Waals surface area contributed by atoms with Gasteiger partial charge in [0.25, 0.3) is 0 Å². The fourth-order valence-electron chi connectivity index (χ4n) is 0. The molecule has 0 spiro atoms. The normalized spacial score (nSPS) is 2.75. The Bertz CT molecular complexity index is 18.5. The minimum absolute atomic E-state index is 0. The maximum atomic E-state index is 8.29. The molecule has 0 aromatic rings. The standard InChI is InChI=1S/CH2O.3Na.H2O2S/c1-2;;;;1-3-2/h1H2;;;;1-2H/q;3*+1;/p-2. The van der Waals surface area contributed by atoms with E-state index in [4.69, 9.17) is 13.9 Å². The zero-order valence-corrected chi connectivity index (χ0v) is 12.2. The van der Waals surface area contributed by atoms with Crippen LogP contribution in [0.2, 0.25) is 0 Å². The predicted octanol–water partition coefficient (Wildman–Crippen LogP) is -9.19. The summed E-state index contributed by atoms with van der Waals surface area (Å²) in [5.74, 6) is 0. The molecule has 0 aliphatic carbocycles. The van der Waals surface area contributed by atoms with E-state index in [1.165, 1.54) is 0 Å². The second-order valence-electron chi connectivity index (χ2n) is 0.0680. The van der Waals surface area contributed by atoms with E-state index in [0.717, 1.165) is 0 Å². The molecule has 0 heterocycles. The molecule has 0 atom stereocenters. The maximum absolute atomic E-state index is 8.29. The van der Waals surface area contributed by atoms with Gasteiger partial charge in [0.05, 0.1) is 0 Å². The van der Waals surface area contributed by atoms with E-state index in [-0.39, 0.29) is 88.7 Å². The van der Waals surface area contributed by atoms with Crippen molar-refractivity contribution in [2.75, 3.05) is 0 Å². The van der Waals surface area contributed by atoms with Gasteiger partial charge in [0, 0.05) is 0 Å². The Labute approximate surface area is 119 Å². The smallest absolute Gasteiger partial charge is 0.811 e. The SMILES string of the molecule is C=O.[Na+].[Na+].[Na+].[O-]S[O-]. The molecule has 32 valence electrons. The Morgan fingerprint density at radius 3 is 1.00 bits per heavy atom. The Morgan fingerprint density at radius 2 is 1.00 bits per heavy atom. The van der Waals surface area contributed by atoms with Crippen LogP contribution < -0.4 is 88.7 Å². The molecule has 0 unspecified atom stereocenters. The fraction of sp³-hybridized carbons (Fsp3) is 0. The zero-order valence-electron chi connectivity index (χ0n) is 5.34. The molecule has 0 N–H and O–H groups in total. The van der Waals surface area contributed by atoms with Crippen molar-refractivity contribution >= 4 is 19.1 Å². The van der Waals surface area contributed by atoms with Gasteiger partial charge >= 0.3 is 88.7 Å². The third-order valence-electron chi connectivity index (χ3n) is 0. The topological polar surface area (TPSA) is 63.2 Å². The van der Waals surface area contributed by atoms with Crippen LogP contribution >= 0.6 is 12.3 Å². The van der Waals surface area contributed by atoms with Gasteiger partial charge in [-0.15, -0.1) is 0 Å². The van der Waals surface area contributed by atoms with Gasteiger partial charge in [-0.2, -0.15) is 0 Å². The quantitative estimate of drug-likeness (QED) is 0.263. The average Bonchev–Trinajstić information content (AvgIpc) is 1.46. The van der Waals surface area contributed by atoms with Crippen LogP contribution in [0.1, 0.15) is 0 Å². The van der Waals surface area contributed by atoms with Crippen molar-refractivity contribution in [3.05, 3.63) is 0 Å². The summed E-state index contributed by atoms with van der Waals surface area (Å²) in [6.45, 7) is 2.00. The first-order chi connectivity index (χ1) is 2.41. The summed E-state index contributed by atoms with van der Waals surface area (Å²) in [6.07, 6.45) is 0. The van der Waals surface area contributed by atoms with Crippen LogP contribution in [0.15, 0.2) is 0 Å². The second kappa shape index (κ2) is 51.2. The summed E-state index contributed by atoms with van der Waals surface area (Å²) in [5, 5.41) is 0. The van der Waals surface area contributed by atoms with Crippen LogP contribution in [0.25, 0.3) is 0 Å².